The molecule has 0 aliphatic carbocycles. The van der Waals surface area contributed by atoms with E-state index in [1.54, 1.807) is 6.07 Å². The summed E-state index contributed by atoms with van der Waals surface area (Å²) in [6.45, 7) is 2.65. The average Bonchev–Trinajstić information content (AvgIpc) is 3.09. The van der Waals surface area contributed by atoms with E-state index in [2.05, 4.69) is 14.2 Å². The second-order valence-corrected chi connectivity index (χ2v) is 9.37. The van der Waals surface area contributed by atoms with Gasteiger partial charge in [-0.25, -0.2) is 4.98 Å². The van der Waals surface area contributed by atoms with Crippen LogP contribution in [0.3, 0.4) is 0 Å². The number of fused-ring (bicyclic) bond motifs is 1. The third kappa shape index (κ3) is 6.61. The smallest absolute Gasteiger partial charge is 0.406 e. The van der Waals surface area contributed by atoms with Crippen molar-refractivity contribution >= 4 is 29.0 Å². The van der Waals surface area contributed by atoms with Crippen LogP contribution in [0.1, 0.15) is 29.1 Å². The van der Waals surface area contributed by atoms with Crippen molar-refractivity contribution in [1.29, 1.82) is 0 Å². The van der Waals surface area contributed by atoms with Gasteiger partial charge in [-0.1, -0.05) is 35.3 Å². The van der Waals surface area contributed by atoms with Crippen molar-refractivity contribution in [3.63, 3.8) is 0 Å². The molecule has 3 aromatic rings. The van der Waals surface area contributed by atoms with E-state index in [9.17, 15) is 18.3 Å². The largest absolute Gasteiger partial charge is 0.573 e. The molecule has 0 radical (unpaired) electrons. The molecule has 1 aromatic heterocycles. The summed E-state index contributed by atoms with van der Waals surface area (Å²) in [5.74, 6) is 1.15. The molecule has 2 aromatic carbocycles. The second-order valence-electron chi connectivity index (χ2n) is 8.50. The number of halogens is 5. The normalized spacial score (nSPS) is 14.3. The molecular weight excluding hydrogens is 504 g/mol. The molecular formula is C24H25Cl2F3N4O2. The van der Waals surface area contributed by atoms with Crippen LogP contribution < -0.4 is 9.64 Å². The minimum atomic E-state index is -4.81. The molecule has 4 rings (SSSR count). The first-order valence-electron chi connectivity index (χ1n) is 11.0. The van der Waals surface area contributed by atoms with E-state index in [0.717, 1.165) is 29.7 Å². The minimum absolute atomic E-state index is 0.111. The first kappa shape index (κ1) is 25.6. The Hall–Kier alpha value is -2.46. The molecule has 1 aliphatic rings. The van der Waals surface area contributed by atoms with Crippen molar-refractivity contribution in [3.8, 4) is 5.75 Å². The lowest BCUT2D eigenvalue weighted by atomic mass is 10.1. The number of benzene rings is 2. The molecule has 1 aliphatic heterocycles. The van der Waals surface area contributed by atoms with Crippen LogP contribution in [-0.2, 0) is 19.5 Å². The van der Waals surface area contributed by atoms with Crippen LogP contribution in [0.25, 0.3) is 0 Å². The van der Waals surface area contributed by atoms with Gasteiger partial charge in [0.25, 0.3) is 0 Å². The zero-order valence-electron chi connectivity index (χ0n) is 19.0. The Balaban J connectivity index is 1.71. The van der Waals surface area contributed by atoms with E-state index < -0.39 is 6.36 Å². The number of hydrogen-bond donors (Lipinski definition) is 1. The van der Waals surface area contributed by atoms with Crippen molar-refractivity contribution < 1.29 is 23.0 Å². The Morgan fingerprint density at radius 1 is 1.06 bits per heavy atom. The van der Waals surface area contributed by atoms with E-state index in [4.69, 9.17) is 28.2 Å². The number of nitrogens with zero attached hydrogens (tertiary/aromatic N) is 4. The highest BCUT2D eigenvalue weighted by Crippen LogP contribution is 2.31. The highest BCUT2D eigenvalue weighted by molar-refractivity contribution is 6.31. The van der Waals surface area contributed by atoms with Crippen LogP contribution in [0.4, 0.5) is 19.0 Å². The number of rotatable bonds is 8. The average molecular weight is 529 g/mol. The molecule has 11 heteroatoms. The molecule has 0 saturated heterocycles. The Kier molecular flexibility index (Phi) is 7.80. The van der Waals surface area contributed by atoms with E-state index in [1.165, 1.54) is 6.07 Å². The molecule has 0 bridgehead atoms. The third-order valence-electron chi connectivity index (χ3n) is 5.69. The molecule has 6 nitrogen and oxygen atoms in total. The molecule has 35 heavy (non-hydrogen) atoms. The summed E-state index contributed by atoms with van der Waals surface area (Å²) in [6.07, 6.45) is -3.89. The van der Waals surface area contributed by atoms with E-state index >= 15 is 0 Å². The van der Waals surface area contributed by atoms with Gasteiger partial charge in [0.15, 0.2) is 5.82 Å². The zero-order chi connectivity index (χ0) is 25.2. The molecule has 2 heterocycles. The van der Waals surface area contributed by atoms with Gasteiger partial charge in [-0.2, -0.15) is 0 Å². The number of aliphatic hydroxyl groups excluding tert-OH is 1. The highest BCUT2D eigenvalue weighted by Gasteiger charge is 2.32. The molecule has 1 N–H and O–H groups in total. The van der Waals surface area contributed by atoms with Gasteiger partial charge in [-0.3, -0.25) is 4.90 Å². The first-order chi connectivity index (χ1) is 16.6. The number of aromatic nitrogens is 2. The summed E-state index contributed by atoms with van der Waals surface area (Å²) in [4.78, 5) is 9.13. The molecule has 188 valence electrons. The zero-order valence-corrected chi connectivity index (χ0v) is 20.5. The molecule has 0 atom stereocenters. The van der Waals surface area contributed by atoms with E-state index in [1.807, 2.05) is 36.2 Å². The Bertz CT molecular complexity index is 1170. The van der Waals surface area contributed by atoms with Crippen molar-refractivity contribution in [2.75, 3.05) is 31.8 Å². The summed E-state index contributed by atoms with van der Waals surface area (Å²) in [6, 6.07) is 11.6. The van der Waals surface area contributed by atoms with Crippen molar-refractivity contribution in [3.05, 3.63) is 75.2 Å². The molecule has 0 amide bonds. The number of alkyl halides is 3. The minimum Gasteiger partial charge on any atom is -0.406 e. The van der Waals surface area contributed by atoms with Crippen molar-refractivity contribution in [2.24, 2.45) is 0 Å². The van der Waals surface area contributed by atoms with Crippen LogP contribution in [0.15, 0.2) is 42.5 Å². The van der Waals surface area contributed by atoms with Crippen LogP contribution >= 0.6 is 23.2 Å². The van der Waals surface area contributed by atoms with Crippen LogP contribution in [-0.4, -0.2) is 52.8 Å². The van der Waals surface area contributed by atoms with Gasteiger partial charge >= 0.3 is 6.36 Å². The van der Waals surface area contributed by atoms with Crippen LogP contribution in [0.2, 0.25) is 10.0 Å². The molecule has 0 fully saturated rings. The van der Waals surface area contributed by atoms with Gasteiger partial charge in [0.2, 0.25) is 0 Å². The van der Waals surface area contributed by atoms with Gasteiger partial charge in [0, 0.05) is 49.8 Å². The van der Waals surface area contributed by atoms with Crippen LogP contribution in [0, 0.1) is 0 Å². The monoisotopic (exact) mass is 528 g/mol. The number of hydrogen-bond acceptors (Lipinski definition) is 5. The van der Waals surface area contributed by atoms with Crippen molar-refractivity contribution in [1.82, 2.24) is 14.5 Å². The molecule has 0 spiro atoms. The van der Waals surface area contributed by atoms with Gasteiger partial charge in [-0.05, 0) is 47.9 Å². The summed E-state index contributed by atoms with van der Waals surface area (Å²) in [5.41, 5.74) is 2.56. The predicted molar refractivity (Wildman–Crippen MR) is 129 cm³/mol. The maximum absolute atomic E-state index is 12.8. The fourth-order valence-electron chi connectivity index (χ4n) is 4.25. The summed E-state index contributed by atoms with van der Waals surface area (Å²) >= 11 is 12.2. The van der Waals surface area contributed by atoms with E-state index in [-0.39, 0.29) is 23.8 Å². The SMILES string of the molecule is CN1CN(CCCO)Cc2c1nc(Cc1cc(Cl)cc(OC(F)(F)F)c1)n2Cc1ccc(Cl)cc1. The fraction of sp³-hybridized carbons (Fsp3) is 0.375. The lowest BCUT2D eigenvalue weighted by molar-refractivity contribution is -0.274. The van der Waals surface area contributed by atoms with Gasteiger partial charge < -0.3 is 19.3 Å². The maximum atomic E-state index is 12.8. The Labute approximate surface area is 211 Å². The number of ether oxygens (including phenoxy) is 1. The maximum Gasteiger partial charge on any atom is 0.573 e. The number of imidazole rings is 1. The van der Waals surface area contributed by atoms with Crippen molar-refractivity contribution in [2.45, 2.75) is 32.3 Å². The first-order valence-corrected chi connectivity index (χ1v) is 11.8. The summed E-state index contributed by atoms with van der Waals surface area (Å²) in [7, 11) is 1.95. The topological polar surface area (TPSA) is 53.8 Å². The lowest BCUT2D eigenvalue weighted by Crippen LogP contribution is -2.41. The van der Waals surface area contributed by atoms with Crippen LogP contribution in [0.5, 0.6) is 5.75 Å². The van der Waals surface area contributed by atoms with Gasteiger partial charge in [-0.15, -0.1) is 13.2 Å². The number of aliphatic hydroxyl groups is 1. The Morgan fingerprint density at radius 3 is 2.49 bits per heavy atom. The van der Waals surface area contributed by atoms with Gasteiger partial charge in [0.05, 0.1) is 12.4 Å². The van der Waals surface area contributed by atoms with Gasteiger partial charge in [0.1, 0.15) is 11.6 Å². The molecule has 0 saturated carbocycles. The highest BCUT2D eigenvalue weighted by atomic mass is 35.5. The second kappa shape index (κ2) is 10.7. The Morgan fingerprint density at radius 2 is 1.80 bits per heavy atom. The van der Waals surface area contributed by atoms with E-state index in [0.29, 0.717) is 42.6 Å². The quantitative estimate of drug-likeness (QED) is 0.428. The standard InChI is InChI=1S/C24H25Cl2F3N4O2/c1-31-15-32(7-2-8-34)14-21-23(31)30-22(33(21)13-16-3-5-18(25)6-4-16)11-17-9-19(26)12-20(10-17)35-24(27,28)29/h3-6,9-10,12,34H,2,7-8,11,13-15H2,1H3. The third-order valence-corrected chi connectivity index (χ3v) is 6.16. The molecule has 0 unspecified atom stereocenters. The number of anilines is 1. The predicted octanol–water partition coefficient (Wildman–Crippen LogP) is 5.32. The lowest BCUT2D eigenvalue weighted by Gasteiger charge is -2.34. The fourth-order valence-corrected chi connectivity index (χ4v) is 4.62. The summed E-state index contributed by atoms with van der Waals surface area (Å²) in [5, 5.41) is 10.0. The summed E-state index contributed by atoms with van der Waals surface area (Å²) < 4.78 is 44.5.